The normalized spacial score (nSPS) is 33.3. The highest BCUT2D eigenvalue weighted by Gasteiger charge is 2.70. The van der Waals surface area contributed by atoms with Gasteiger partial charge in [0.15, 0.2) is 6.29 Å². The Kier molecular flexibility index (Phi) is 5.90. The molecule has 1 aromatic rings. The molecule has 0 radical (unpaired) electrons. The molecule has 4 bridgehead atoms. The molecule has 3 heterocycles. The van der Waals surface area contributed by atoms with Crippen LogP contribution < -0.4 is 0 Å². The van der Waals surface area contributed by atoms with Gasteiger partial charge in [0, 0.05) is 32.1 Å². The van der Waals surface area contributed by atoms with Crippen LogP contribution in [0.5, 0.6) is 0 Å². The Morgan fingerprint density at radius 1 is 1.06 bits per heavy atom. The van der Waals surface area contributed by atoms with Crippen molar-refractivity contribution >= 4 is 18.1 Å². The maximum atomic E-state index is 12.3. The minimum atomic E-state index is -1.29. The van der Waals surface area contributed by atoms with Gasteiger partial charge < -0.3 is 28.4 Å². The van der Waals surface area contributed by atoms with Gasteiger partial charge in [-0.25, -0.2) is 4.79 Å². The zero-order valence-electron chi connectivity index (χ0n) is 17.5. The van der Waals surface area contributed by atoms with Crippen LogP contribution in [0.15, 0.2) is 30.3 Å². The van der Waals surface area contributed by atoms with Crippen molar-refractivity contribution < 1.29 is 42.8 Å². The SMILES string of the molecule is CC(=O)O[C@@H]1O[C@H]2C[C@]3(COC(=O)OCc4ccccc4)CCC[C@](OC(C)=O)(O2)[C@H]13. The van der Waals surface area contributed by atoms with Crippen molar-refractivity contribution in [2.24, 2.45) is 11.3 Å². The zero-order chi connectivity index (χ0) is 22.1. The van der Waals surface area contributed by atoms with Crippen molar-refractivity contribution in [1.82, 2.24) is 0 Å². The molecule has 5 rings (SSSR count). The largest absolute Gasteiger partial charge is 0.508 e. The number of hydrogen-bond acceptors (Lipinski definition) is 9. The summed E-state index contributed by atoms with van der Waals surface area (Å²) in [5.74, 6) is -2.95. The van der Waals surface area contributed by atoms with Gasteiger partial charge in [-0.15, -0.1) is 0 Å². The van der Waals surface area contributed by atoms with Gasteiger partial charge in [0.1, 0.15) is 13.2 Å². The first-order valence-corrected chi connectivity index (χ1v) is 10.4. The molecule has 4 aliphatic rings. The molecule has 5 atom stereocenters. The Morgan fingerprint density at radius 2 is 1.84 bits per heavy atom. The first kappa shape index (κ1) is 21.6. The van der Waals surface area contributed by atoms with Gasteiger partial charge in [0.05, 0.1) is 5.92 Å². The maximum Gasteiger partial charge on any atom is 0.508 e. The van der Waals surface area contributed by atoms with E-state index < -0.39 is 47.8 Å². The average Bonchev–Trinajstić information content (AvgIpc) is 2.70. The third-order valence-electron chi connectivity index (χ3n) is 6.07. The summed E-state index contributed by atoms with van der Waals surface area (Å²) in [6, 6.07) is 9.28. The van der Waals surface area contributed by atoms with Gasteiger partial charge in [-0.3, -0.25) is 9.59 Å². The lowest BCUT2D eigenvalue weighted by molar-refractivity contribution is -0.471. The molecule has 3 aliphatic heterocycles. The van der Waals surface area contributed by atoms with Crippen molar-refractivity contribution in [3.8, 4) is 0 Å². The first-order valence-electron chi connectivity index (χ1n) is 10.4. The molecule has 1 aliphatic carbocycles. The quantitative estimate of drug-likeness (QED) is 0.493. The number of benzene rings is 1. The van der Waals surface area contributed by atoms with E-state index >= 15 is 0 Å². The Hall–Kier alpha value is -2.65. The van der Waals surface area contributed by atoms with E-state index in [1.807, 2.05) is 30.3 Å². The summed E-state index contributed by atoms with van der Waals surface area (Å²) in [6.45, 7) is 2.69. The molecule has 9 nitrogen and oxygen atoms in total. The van der Waals surface area contributed by atoms with Crippen LogP contribution >= 0.6 is 0 Å². The highest BCUT2D eigenvalue weighted by molar-refractivity contribution is 5.67. The topological polar surface area (TPSA) is 107 Å². The lowest BCUT2D eigenvalue weighted by Gasteiger charge is -2.62. The van der Waals surface area contributed by atoms with Crippen LogP contribution in [0.2, 0.25) is 0 Å². The number of carbonyl (C=O) groups is 3. The highest BCUT2D eigenvalue weighted by Crippen LogP contribution is 2.61. The molecule has 1 aromatic carbocycles. The Balaban J connectivity index is 1.50. The predicted octanol–water partition coefficient (Wildman–Crippen LogP) is 3.05. The molecule has 4 fully saturated rings. The molecular formula is C22H26O9. The molecule has 3 saturated heterocycles. The molecule has 9 heteroatoms. The van der Waals surface area contributed by atoms with E-state index in [-0.39, 0.29) is 13.2 Å². The van der Waals surface area contributed by atoms with Crippen LogP contribution in [0.3, 0.4) is 0 Å². The monoisotopic (exact) mass is 434 g/mol. The summed E-state index contributed by atoms with van der Waals surface area (Å²) in [6.07, 6.45) is -0.292. The summed E-state index contributed by atoms with van der Waals surface area (Å²) in [5.41, 5.74) is 0.207. The van der Waals surface area contributed by atoms with E-state index in [4.69, 9.17) is 28.4 Å². The molecule has 0 spiro atoms. The summed E-state index contributed by atoms with van der Waals surface area (Å²) < 4.78 is 33.5. The van der Waals surface area contributed by atoms with E-state index in [9.17, 15) is 14.4 Å². The van der Waals surface area contributed by atoms with Crippen molar-refractivity contribution in [2.45, 2.75) is 64.5 Å². The van der Waals surface area contributed by atoms with Gasteiger partial charge >= 0.3 is 18.1 Å². The summed E-state index contributed by atoms with van der Waals surface area (Å²) in [5, 5.41) is 0. The summed E-state index contributed by atoms with van der Waals surface area (Å²) in [4.78, 5) is 35.8. The van der Waals surface area contributed by atoms with Gasteiger partial charge in [0.2, 0.25) is 12.1 Å². The van der Waals surface area contributed by atoms with Crippen LogP contribution in [0, 0.1) is 11.3 Å². The minimum Gasteiger partial charge on any atom is -0.435 e. The fraction of sp³-hybridized carbons (Fsp3) is 0.591. The smallest absolute Gasteiger partial charge is 0.435 e. The number of rotatable bonds is 6. The Bertz CT molecular complexity index is 841. The number of hydrogen-bond donors (Lipinski definition) is 0. The molecule has 168 valence electrons. The molecule has 31 heavy (non-hydrogen) atoms. The average molecular weight is 434 g/mol. The van der Waals surface area contributed by atoms with E-state index in [0.29, 0.717) is 25.7 Å². The number of carbonyl (C=O) groups excluding carboxylic acids is 3. The number of ether oxygens (including phenoxy) is 6. The first-order chi connectivity index (χ1) is 14.8. The van der Waals surface area contributed by atoms with Crippen molar-refractivity contribution in [3.63, 3.8) is 0 Å². The van der Waals surface area contributed by atoms with Crippen LogP contribution in [0.4, 0.5) is 4.79 Å². The van der Waals surface area contributed by atoms with Gasteiger partial charge in [-0.05, 0) is 18.4 Å². The minimum absolute atomic E-state index is 0.00922. The molecule has 0 amide bonds. The lowest BCUT2D eigenvalue weighted by atomic mass is 9.58. The summed E-state index contributed by atoms with van der Waals surface area (Å²) in [7, 11) is 0. The second-order valence-corrected chi connectivity index (χ2v) is 8.28. The van der Waals surface area contributed by atoms with Crippen LogP contribution in [0.25, 0.3) is 0 Å². The third kappa shape index (κ3) is 4.38. The van der Waals surface area contributed by atoms with Gasteiger partial charge in [-0.1, -0.05) is 30.3 Å². The fourth-order valence-corrected chi connectivity index (χ4v) is 5.04. The molecular weight excluding hydrogens is 408 g/mol. The second-order valence-electron chi connectivity index (χ2n) is 8.28. The van der Waals surface area contributed by atoms with E-state index in [2.05, 4.69) is 0 Å². The van der Waals surface area contributed by atoms with Crippen molar-refractivity contribution in [3.05, 3.63) is 35.9 Å². The molecule has 0 N–H and O–H groups in total. The number of fused-ring (bicyclic) bond motifs is 1. The highest BCUT2D eigenvalue weighted by atomic mass is 16.8. The van der Waals surface area contributed by atoms with Crippen LogP contribution in [-0.2, 0) is 44.6 Å². The zero-order valence-corrected chi connectivity index (χ0v) is 17.5. The predicted molar refractivity (Wildman–Crippen MR) is 103 cm³/mol. The standard InChI is InChI=1S/C22H26O9/c1-14(23)28-19-18-21(13-27-20(25)26-12-16-7-4-3-5-8-16)9-6-10-22(18,30-15(2)24)31-17(11-21)29-19/h3-5,7-8,17-19H,6,9-13H2,1-2H3/t17-,18-,19-,21+,22+/m1/s1. The van der Waals surface area contributed by atoms with Gasteiger partial charge in [-0.2, -0.15) is 0 Å². The van der Waals surface area contributed by atoms with E-state index in [1.54, 1.807) is 0 Å². The van der Waals surface area contributed by atoms with Crippen LogP contribution in [0.1, 0.15) is 45.1 Å². The van der Waals surface area contributed by atoms with Gasteiger partial charge in [0.25, 0.3) is 0 Å². The Labute approximate surface area is 179 Å². The summed E-state index contributed by atoms with van der Waals surface area (Å²) >= 11 is 0. The van der Waals surface area contributed by atoms with Crippen molar-refractivity contribution in [2.75, 3.05) is 6.61 Å². The lowest BCUT2D eigenvalue weighted by Crippen LogP contribution is -2.71. The molecule has 0 unspecified atom stereocenters. The maximum absolute atomic E-state index is 12.3. The van der Waals surface area contributed by atoms with Crippen molar-refractivity contribution in [1.29, 1.82) is 0 Å². The molecule has 1 saturated carbocycles. The molecule has 0 aromatic heterocycles. The van der Waals surface area contributed by atoms with E-state index in [0.717, 1.165) is 5.56 Å². The second kappa shape index (κ2) is 8.47. The van der Waals surface area contributed by atoms with Crippen LogP contribution in [-0.4, -0.2) is 43.1 Å². The fourth-order valence-electron chi connectivity index (χ4n) is 5.04. The third-order valence-corrected chi connectivity index (χ3v) is 6.07. The van der Waals surface area contributed by atoms with E-state index in [1.165, 1.54) is 13.8 Å². The Morgan fingerprint density at radius 3 is 2.55 bits per heavy atom. The number of esters is 2.